The van der Waals surface area contributed by atoms with Crippen molar-refractivity contribution in [1.29, 1.82) is 0 Å². The van der Waals surface area contributed by atoms with Gasteiger partial charge in [0.2, 0.25) is 0 Å². The topological polar surface area (TPSA) is 127 Å². The molecule has 0 saturated carbocycles. The summed E-state index contributed by atoms with van der Waals surface area (Å²) in [6, 6.07) is 5.72. The highest BCUT2D eigenvalue weighted by molar-refractivity contribution is 6.33. The number of ether oxygens (including phenoxy) is 2. The first-order valence-corrected chi connectivity index (χ1v) is 11.0. The van der Waals surface area contributed by atoms with E-state index in [1.165, 1.54) is 38.1 Å². The van der Waals surface area contributed by atoms with E-state index in [9.17, 15) is 28.8 Å². The number of carbonyl (C=O) groups excluding carboxylic acids is 6. The molecule has 36 heavy (non-hydrogen) atoms. The molecule has 2 heterocycles. The van der Waals surface area contributed by atoms with Crippen LogP contribution < -0.4 is 0 Å². The maximum atomic E-state index is 13.2. The molecule has 10 heteroatoms. The van der Waals surface area contributed by atoms with Gasteiger partial charge in [0.15, 0.2) is 0 Å². The van der Waals surface area contributed by atoms with Crippen molar-refractivity contribution < 1.29 is 38.2 Å². The van der Waals surface area contributed by atoms with E-state index < -0.39 is 35.6 Å². The Bertz CT molecular complexity index is 1240. The fraction of sp³-hybridized carbons (Fsp3) is 0.231. The molecule has 0 radical (unpaired) electrons. The van der Waals surface area contributed by atoms with Crippen LogP contribution in [0.15, 0.2) is 48.6 Å². The van der Waals surface area contributed by atoms with Crippen LogP contribution in [-0.2, 0) is 19.1 Å². The van der Waals surface area contributed by atoms with Crippen LogP contribution in [0.5, 0.6) is 0 Å². The van der Waals surface area contributed by atoms with Gasteiger partial charge in [0.05, 0.1) is 13.1 Å². The van der Waals surface area contributed by atoms with Crippen LogP contribution in [0.25, 0.3) is 10.8 Å². The minimum atomic E-state index is -0.637. The molecule has 0 fully saturated rings. The summed E-state index contributed by atoms with van der Waals surface area (Å²) in [5.74, 6) is -3.79. The molecule has 0 saturated heterocycles. The quantitative estimate of drug-likeness (QED) is 0.313. The van der Waals surface area contributed by atoms with Gasteiger partial charge in [-0.1, -0.05) is 13.2 Å². The molecule has 2 aromatic rings. The van der Waals surface area contributed by atoms with Gasteiger partial charge in [-0.25, -0.2) is 9.59 Å². The molecule has 0 spiro atoms. The van der Waals surface area contributed by atoms with Crippen LogP contribution in [0, 0.1) is 0 Å². The van der Waals surface area contributed by atoms with E-state index in [2.05, 4.69) is 13.2 Å². The lowest BCUT2D eigenvalue weighted by Gasteiger charge is -2.31. The van der Waals surface area contributed by atoms with Crippen molar-refractivity contribution in [3.8, 4) is 0 Å². The van der Waals surface area contributed by atoms with Gasteiger partial charge in [0, 0.05) is 44.2 Å². The molecule has 10 nitrogen and oxygen atoms in total. The van der Waals surface area contributed by atoms with E-state index in [-0.39, 0.29) is 70.5 Å². The molecule has 2 aromatic carbocycles. The number of amides is 4. The Hall–Kier alpha value is -4.60. The summed E-state index contributed by atoms with van der Waals surface area (Å²) in [6.07, 6.45) is 0. The Morgan fingerprint density at radius 3 is 1.17 bits per heavy atom. The Balaban J connectivity index is 1.65. The second-order valence-electron chi connectivity index (χ2n) is 8.43. The first kappa shape index (κ1) is 24.5. The van der Waals surface area contributed by atoms with Crippen molar-refractivity contribution >= 4 is 46.3 Å². The first-order chi connectivity index (χ1) is 17.0. The van der Waals surface area contributed by atoms with E-state index in [1.807, 2.05) is 0 Å². The number of benzene rings is 2. The monoisotopic (exact) mass is 490 g/mol. The van der Waals surface area contributed by atoms with Crippen molar-refractivity contribution in [3.63, 3.8) is 0 Å². The summed E-state index contributed by atoms with van der Waals surface area (Å²) in [6.45, 7) is 9.16. The Morgan fingerprint density at radius 2 is 0.917 bits per heavy atom. The number of hydrogen-bond donors (Lipinski definition) is 0. The van der Waals surface area contributed by atoms with E-state index in [0.717, 1.165) is 9.80 Å². The second kappa shape index (κ2) is 9.21. The Morgan fingerprint density at radius 1 is 0.639 bits per heavy atom. The number of carbonyl (C=O) groups is 6. The van der Waals surface area contributed by atoms with Crippen LogP contribution in [-0.4, -0.2) is 71.7 Å². The maximum Gasteiger partial charge on any atom is 0.333 e. The summed E-state index contributed by atoms with van der Waals surface area (Å²) in [7, 11) is 0. The zero-order valence-corrected chi connectivity index (χ0v) is 19.7. The van der Waals surface area contributed by atoms with Crippen molar-refractivity contribution in [1.82, 2.24) is 9.80 Å². The van der Waals surface area contributed by atoms with Crippen molar-refractivity contribution in [2.45, 2.75) is 13.8 Å². The SMILES string of the molecule is C=C(C)C(=O)OCCN1C(=O)c2ccc3c4c(ccc(c24)C1=O)C(=O)N(CCOC(=O)C(=C)C)C3=O. The van der Waals surface area contributed by atoms with Gasteiger partial charge in [0.1, 0.15) is 13.2 Å². The number of rotatable bonds is 8. The van der Waals surface area contributed by atoms with Gasteiger partial charge in [-0.3, -0.25) is 29.0 Å². The maximum absolute atomic E-state index is 13.2. The van der Waals surface area contributed by atoms with Crippen LogP contribution >= 0.6 is 0 Å². The summed E-state index contributed by atoms with van der Waals surface area (Å²) in [4.78, 5) is 77.8. The minimum Gasteiger partial charge on any atom is -0.460 e. The van der Waals surface area contributed by atoms with E-state index in [0.29, 0.717) is 0 Å². The zero-order valence-electron chi connectivity index (χ0n) is 19.7. The van der Waals surface area contributed by atoms with Crippen LogP contribution in [0.2, 0.25) is 0 Å². The van der Waals surface area contributed by atoms with Gasteiger partial charge in [0.25, 0.3) is 23.6 Å². The zero-order chi connectivity index (χ0) is 26.3. The largest absolute Gasteiger partial charge is 0.460 e. The predicted octanol–water partition coefficient (Wildman–Crippen LogP) is 2.27. The van der Waals surface area contributed by atoms with E-state index in [1.54, 1.807) is 0 Å². The van der Waals surface area contributed by atoms with Gasteiger partial charge < -0.3 is 9.47 Å². The van der Waals surface area contributed by atoms with Gasteiger partial charge in [-0.05, 0) is 38.1 Å². The lowest BCUT2D eigenvalue weighted by molar-refractivity contribution is -0.139. The molecule has 4 rings (SSSR count). The van der Waals surface area contributed by atoms with Crippen molar-refractivity contribution in [2.75, 3.05) is 26.3 Å². The third-order valence-corrected chi connectivity index (χ3v) is 5.86. The average molecular weight is 490 g/mol. The number of esters is 2. The van der Waals surface area contributed by atoms with Gasteiger partial charge >= 0.3 is 11.9 Å². The molecule has 184 valence electrons. The molecule has 0 aromatic heterocycles. The van der Waals surface area contributed by atoms with Crippen LogP contribution in [0.1, 0.15) is 55.3 Å². The highest BCUT2D eigenvalue weighted by atomic mass is 16.5. The number of nitrogens with zero attached hydrogens (tertiary/aromatic N) is 2. The highest BCUT2D eigenvalue weighted by Gasteiger charge is 2.39. The molecule has 0 aliphatic carbocycles. The van der Waals surface area contributed by atoms with Gasteiger partial charge in [-0.2, -0.15) is 0 Å². The molecule has 2 aliphatic rings. The predicted molar refractivity (Wildman–Crippen MR) is 126 cm³/mol. The second-order valence-corrected chi connectivity index (χ2v) is 8.43. The summed E-state index contributed by atoms with van der Waals surface area (Å²) < 4.78 is 10.0. The summed E-state index contributed by atoms with van der Waals surface area (Å²) >= 11 is 0. The minimum absolute atomic E-state index is 0.154. The smallest absolute Gasteiger partial charge is 0.333 e. The summed E-state index contributed by atoms with van der Waals surface area (Å²) in [5.41, 5.74) is 0.991. The first-order valence-electron chi connectivity index (χ1n) is 11.0. The van der Waals surface area contributed by atoms with Crippen LogP contribution in [0.4, 0.5) is 0 Å². The van der Waals surface area contributed by atoms with Crippen molar-refractivity contribution in [3.05, 3.63) is 70.8 Å². The lowest BCUT2D eigenvalue weighted by atomic mass is 9.86. The highest BCUT2D eigenvalue weighted by Crippen LogP contribution is 2.37. The molecule has 0 bridgehead atoms. The fourth-order valence-electron chi connectivity index (χ4n) is 4.09. The lowest BCUT2D eigenvalue weighted by Crippen LogP contribution is -2.45. The Kier molecular flexibility index (Phi) is 6.28. The van der Waals surface area contributed by atoms with E-state index >= 15 is 0 Å². The molecule has 2 aliphatic heterocycles. The normalized spacial score (nSPS) is 14.3. The molecule has 0 N–H and O–H groups in total. The molecule has 0 unspecified atom stereocenters. The molecular formula is C26H22N2O8. The third-order valence-electron chi connectivity index (χ3n) is 5.86. The standard InChI is InChI=1S/C26H22N2O8/c1-13(2)25(33)35-11-9-27-21(29)15-5-7-17-20-18(8-6-16(19(15)20)22(27)30)24(32)28(23(17)31)10-12-36-26(34)14(3)4/h5-8H,1,3,9-12H2,2,4H3. The third kappa shape index (κ3) is 3.96. The van der Waals surface area contributed by atoms with Crippen LogP contribution in [0.3, 0.4) is 0 Å². The van der Waals surface area contributed by atoms with Gasteiger partial charge in [-0.15, -0.1) is 0 Å². The molecule has 4 amide bonds. The summed E-state index contributed by atoms with van der Waals surface area (Å²) in [5, 5.41) is 0.454. The molecular weight excluding hydrogens is 468 g/mol. The number of hydrogen-bond acceptors (Lipinski definition) is 8. The van der Waals surface area contributed by atoms with Crippen molar-refractivity contribution in [2.24, 2.45) is 0 Å². The Labute approximate surface area is 205 Å². The molecule has 0 atom stereocenters. The van der Waals surface area contributed by atoms with E-state index in [4.69, 9.17) is 9.47 Å². The number of imide groups is 2. The average Bonchev–Trinajstić information content (AvgIpc) is 2.84. The fourth-order valence-corrected chi connectivity index (χ4v) is 4.09.